The predicted octanol–water partition coefficient (Wildman–Crippen LogP) is 3.48. The van der Waals surface area contributed by atoms with Gasteiger partial charge in [0.15, 0.2) is 0 Å². The number of sulfonamides is 1. The summed E-state index contributed by atoms with van der Waals surface area (Å²) in [5.74, 6) is -1.92. The highest BCUT2D eigenvalue weighted by molar-refractivity contribution is 7.89. The van der Waals surface area contributed by atoms with Gasteiger partial charge < -0.3 is 15.5 Å². The highest BCUT2D eigenvalue weighted by Crippen LogP contribution is 2.25. The number of H-pyrrole nitrogens is 1. The molecule has 182 valence electrons. The average Bonchev–Trinajstić information content (AvgIpc) is 3.27. The van der Waals surface area contributed by atoms with Crippen LogP contribution in [0, 0.1) is 0 Å². The number of carbonyl (C=O) groups excluding carboxylic acids is 1. The van der Waals surface area contributed by atoms with E-state index in [1.165, 1.54) is 18.5 Å². The Morgan fingerprint density at radius 1 is 1.03 bits per heavy atom. The summed E-state index contributed by atoms with van der Waals surface area (Å²) >= 11 is 0. The smallest absolute Gasteiger partial charge is 0.345 e. The van der Waals surface area contributed by atoms with E-state index in [4.69, 9.17) is 0 Å². The lowest BCUT2D eigenvalue weighted by atomic mass is 10.2. The van der Waals surface area contributed by atoms with E-state index in [1.54, 1.807) is 12.3 Å². The molecular weight excluding hydrogens is 491 g/mol. The number of benzene rings is 2. The number of aromatic nitrogens is 4. The molecule has 0 bridgehead atoms. The number of nitrogens with one attached hydrogen (secondary N) is 3. The van der Waals surface area contributed by atoms with E-state index in [1.807, 2.05) is 18.2 Å². The van der Waals surface area contributed by atoms with Crippen LogP contribution in [0.1, 0.15) is 0 Å². The number of anilines is 4. The second-order valence-electron chi connectivity index (χ2n) is 7.03. The van der Waals surface area contributed by atoms with Crippen LogP contribution in [0.5, 0.6) is 0 Å². The Morgan fingerprint density at radius 3 is 2.40 bits per heavy atom. The van der Waals surface area contributed by atoms with Gasteiger partial charge in [0, 0.05) is 29.9 Å². The highest BCUT2D eigenvalue weighted by atomic mass is 32.2. The number of carbonyl (C=O) groups is 1. The van der Waals surface area contributed by atoms with Crippen LogP contribution in [0.15, 0.2) is 66.0 Å². The van der Waals surface area contributed by atoms with E-state index >= 15 is 0 Å². The summed E-state index contributed by atoms with van der Waals surface area (Å²) in [5.41, 5.74) is 1.81. The Hall–Kier alpha value is -4.24. The van der Waals surface area contributed by atoms with Crippen molar-refractivity contribution >= 4 is 49.9 Å². The maximum absolute atomic E-state index is 12.5. The Balaban J connectivity index is 1.50. The third-order valence-corrected chi connectivity index (χ3v) is 6.17. The molecule has 4 aromatic rings. The summed E-state index contributed by atoms with van der Waals surface area (Å²) in [5, 5.41) is 13.8. The molecule has 0 aliphatic carbocycles. The highest BCUT2D eigenvalue weighted by Gasteiger charge is 2.43. The van der Waals surface area contributed by atoms with Crippen molar-refractivity contribution in [1.82, 2.24) is 24.6 Å². The summed E-state index contributed by atoms with van der Waals surface area (Å²) in [7, 11) is -3.89. The van der Waals surface area contributed by atoms with Crippen molar-refractivity contribution in [2.75, 3.05) is 17.7 Å². The van der Waals surface area contributed by atoms with Crippen molar-refractivity contribution in [2.24, 2.45) is 0 Å². The van der Waals surface area contributed by atoms with Gasteiger partial charge in [0.05, 0.1) is 16.6 Å². The van der Waals surface area contributed by atoms with Crippen LogP contribution in [0.2, 0.25) is 0 Å². The van der Waals surface area contributed by atoms with Crippen LogP contribution in [0.4, 0.5) is 36.2 Å². The number of rotatable bonds is 7. The van der Waals surface area contributed by atoms with E-state index < -0.39 is 27.1 Å². The van der Waals surface area contributed by atoms with Crippen molar-refractivity contribution in [3.05, 3.63) is 61.1 Å². The van der Waals surface area contributed by atoms with Gasteiger partial charge in [0.1, 0.15) is 18.0 Å². The van der Waals surface area contributed by atoms with Crippen LogP contribution in [-0.2, 0) is 19.7 Å². The lowest BCUT2D eigenvalue weighted by molar-refractivity contribution is -0.219. The normalized spacial score (nSPS) is 12.0. The molecule has 4 rings (SSSR count). The van der Waals surface area contributed by atoms with E-state index in [0.29, 0.717) is 18.7 Å². The zero-order valence-electron chi connectivity index (χ0n) is 17.7. The fourth-order valence-electron chi connectivity index (χ4n) is 2.90. The first-order chi connectivity index (χ1) is 16.5. The summed E-state index contributed by atoms with van der Waals surface area (Å²) in [6.07, 6.45) is -2.38. The Labute approximate surface area is 196 Å². The summed E-state index contributed by atoms with van der Waals surface area (Å²) < 4.78 is 62.1. The molecule has 2 heterocycles. The van der Waals surface area contributed by atoms with Crippen molar-refractivity contribution in [3.63, 3.8) is 0 Å². The Morgan fingerprint density at radius 2 is 1.71 bits per heavy atom. The van der Waals surface area contributed by atoms with E-state index in [0.717, 1.165) is 28.7 Å². The Bertz CT molecular complexity index is 1490. The van der Waals surface area contributed by atoms with Gasteiger partial charge in [-0.2, -0.15) is 18.3 Å². The minimum atomic E-state index is -5.35. The van der Waals surface area contributed by atoms with Crippen LogP contribution < -0.4 is 10.6 Å². The first kappa shape index (κ1) is 23.9. The second-order valence-corrected chi connectivity index (χ2v) is 8.97. The summed E-state index contributed by atoms with van der Waals surface area (Å²) in [4.78, 5) is 22.7. The topological polar surface area (TPSA) is 142 Å². The molecular formula is C20H16F3N7O4S. The number of hydrogen-bond acceptors (Lipinski definition) is 9. The van der Waals surface area contributed by atoms with Crippen molar-refractivity contribution in [2.45, 2.75) is 11.1 Å². The molecule has 2 aromatic heterocycles. The molecule has 0 radical (unpaired) electrons. The molecule has 3 N–H and O–H groups in total. The molecule has 35 heavy (non-hydrogen) atoms. The van der Waals surface area contributed by atoms with Gasteiger partial charge in [-0.15, -0.1) is 0 Å². The SMILES string of the molecule is CN(OC(=O)C(F)(F)F)S(=O)(=O)c1cccc(Nc2cc(Nc3ccc4cn[nH]c4c3)ncn2)c1. The Kier molecular flexibility index (Phi) is 6.27. The monoisotopic (exact) mass is 507 g/mol. The molecule has 0 amide bonds. The van der Waals surface area contributed by atoms with E-state index in [-0.39, 0.29) is 10.2 Å². The van der Waals surface area contributed by atoms with Gasteiger partial charge in [0.2, 0.25) is 0 Å². The van der Waals surface area contributed by atoms with E-state index in [9.17, 15) is 26.4 Å². The molecule has 0 aliphatic heterocycles. The predicted molar refractivity (Wildman–Crippen MR) is 118 cm³/mol. The molecule has 11 nitrogen and oxygen atoms in total. The zero-order chi connectivity index (χ0) is 25.2. The molecule has 0 unspecified atom stereocenters. The minimum Gasteiger partial charge on any atom is -0.345 e. The van der Waals surface area contributed by atoms with E-state index in [2.05, 4.69) is 35.6 Å². The van der Waals surface area contributed by atoms with Crippen LogP contribution in [0.3, 0.4) is 0 Å². The molecule has 0 atom stereocenters. The lowest BCUT2D eigenvalue weighted by Crippen LogP contribution is -2.36. The van der Waals surface area contributed by atoms with Crippen molar-refractivity contribution in [3.8, 4) is 0 Å². The summed E-state index contributed by atoms with van der Waals surface area (Å²) in [6, 6.07) is 12.3. The quantitative estimate of drug-likeness (QED) is 0.321. The lowest BCUT2D eigenvalue weighted by Gasteiger charge is -2.17. The van der Waals surface area contributed by atoms with Gasteiger partial charge in [-0.1, -0.05) is 6.07 Å². The number of fused-ring (bicyclic) bond motifs is 1. The van der Waals surface area contributed by atoms with Gasteiger partial charge >= 0.3 is 12.1 Å². The molecule has 0 saturated heterocycles. The number of aromatic amines is 1. The van der Waals surface area contributed by atoms with Crippen LogP contribution in [0.25, 0.3) is 10.9 Å². The third kappa shape index (κ3) is 5.47. The molecule has 0 spiro atoms. The number of halogens is 3. The maximum Gasteiger partial charge on any atom is 0.492 e. The van der Waals surface area contributed by atoms with Crippen molar-refractivity contribution in [1.29, 1.82) is 0 Å². The molecule has 0 fully saturated rings. The van der Waals surface area contributed by atoms with Crippen LogP contribution >= 0.6 is 0 Å². The molecule has 0 saturated carbocycles. The van der Waals surface area contributed by atoms with Crippen LogP contribution in [-0.4, -0.2) is 52.2 Å². The van der Waals surface area contributed by atoms with Gasteiger partial charge in [0.25, 0.3) is 10.0 Å². The molecule has 15 heteroatoms. The third-order valence-electron chi connectivity index (χ3n) is 4.57. The zero-order valence-corrected chi connectivity index (χ0v) is 18.6. The fraction of sp³-hybridized carbons (Fsp3) is 0.100. The van der Waals surface area contributed by atoms with Gasteiger partial charge in [-0.25, -0.2) is 23.2 Å². The minimum absolute atomic E-state index is 0.148. The number of hydrogen-bond donors (Lipinski definition) is 3. The van der Waals surface area contributed by atoms with Gasteiger partial charge in [-0.05, 0) is 40.9 Å². The number of nitrogens with zero attached hydrogens (tertiary/aromatic N) is 4. The maximum atomic E-state index is 12.5. The van der Waals surface area contributed by atoms with Crippen molar-refractivity contribution < 1.29 is 31.2 Å². The average molecular weight is 507 g/mol. The number of alkyl halides is 3. The first-order valence-electron chi connectivity index (χ1n) is 9.70. The molecule has 2 aromatic carbocycles. The number of hydroxylamine groups is 1. The summed E-state index contributed by atoms with van der Waals surface area (Å²) in [6.45, 7) is 0. The molecule has 0 aliphatic rings. The fourth-order valence-corrected chi connectivity index (χ4v) is 3.89. The first-order valence-corrected chi connectivity index (χ1v) is 11.1. The van der Waals surface area contributed by atoms with Gasteiger partial charge in [-0.3, -0.25) is 5.10 Å². The second kappa shape index (κ2) is 9.19. The largest absolute Gasteiger partial charge is 0.492 e. The standard InChI is InChI=1S/C20H16F3N7O4S/c1-30(34-19(31)20(21,22)23)35(32,33)15-4-2-3-13(7-15)27-17-9-18(25-11-24-17)28-14-6-5-12-10-26-29-16(12)8-14/h2-11H,1H3,(H,26,29)(H2,24,25,27,28).